The molecule has 0 aromatic heterocycles. The Labute approximate surface area is 79.5 Å². The maximum absolute atomic E-state index is 10.5. The molecule has 0 aliphatic carbocycles. The zero-order valence-electron chi connectivity index (χ0n) is 7.40. The first kappa shape index (κ1) is 11.3. The highest BCUT2D eigenvalue weighted by Gasteiger charge is 2.46. The largest absolute Gasteiger partial charge is 0.479 e. The van der Waals surface area contributed by atoms with E-state index in [0.717, 1.165) is 0 Å². The Kier molecular flexibility index (Phi) is 3.40. The Morgan fingerprint density at radius 2 is 1.79 bits per heavy atom. The molecule has 0 aromatic carbocycles. The van der Waals surface area contributed by atoms with Crippen LogP contribution in [0, 0.1) is 0 Å². The topological polar surface area (TPSA) is 116 Å². The first-order valence-corrected chi connectivity index (χ1v) is 3.94. The van der Waals surface area contributed by atoms with Gasteiger partial charge in [-0.15, -0.1) is 0 Å². The van der Waals surface area contributed by atoms with Crippen LogP contribution in [0.25, 0.3) is 0 Å². The van der Waals surface area contributed by atoms with Crippen molar-refractivity contribution in [2.24, 2.45) is 0 Å². The normalized spacial score (nSPS) is 43.6. The highest BCUT2D eigenvalue weighted by Crippen LogP contribution is 2.21. The summed E-state index contributed by atoms with van der Waals surface area (Å²) in [4.78, 5) is 10.5. The van der Waals surface area contributed by atoms with E-state index in [1.807, 2.05) is 0 Å². The molecule has 7 heteroatoms. The maximum atomic E-state index is 10.5. The highest BCUT2D eigenvalue weighted by molar-refractivity contribution is 5.73. The van der Waals surface area contributed by atoms with Gasteiger partial charge in [-0.05, 0) is 0 Å². The van der Waals surface area contributed by atoms with Crippen LogP contribution in [0.3, 0.4) is 0 Å². The van der Waals surface area contributed by atoms with Gasteiger partial charge in [0.25, 0.3) is 0 Å². The Balaban J connectivity index is 2.78. The number of ether oxygens (including phenoxy) is 2. The molecule has 4 N–H and O–H groups in total. The summed E-state index contributed by atoms with van der Waals surface area (Å²) in [5.74, 6) is -1.43. The maximum Gasteiger partial charge on any atom is 0.335 e. The molecule has 82 valence electrons. The number of methoxy groups -OCH3 is 1. The molecule has 0 aromatic rings. The van der Waals surface area contributed by atoms with Gasteiger partial charge in [0.2, 0.25) is 0 Å². The Hall–Kier alpha value is -0.730. The molecule has 1 heterocycles. The van der Waals surface area contributed by atoms with E-state index in [9.17, 15) is 20.1 Å². The molecule has 7 nitrogen and oxygen atoms in total. The third kappa shape index (κ3) is 1.86. The average molecular weight is 208 g/mol. The Morgan fingerprint density at radius 3 is 2.21 bits per heavy atom. The van der Waals surface area contributed by atoms with Gasteiger partial charge in [0.1, 0.15) is 18.3 Å². The summed E-state index contributed by atoms with van der Waals surface area (Å²) in [7, 11) is 1.19. The number of carboxylic acid groups (broad SMARTS) is 1. The van der Waals surface area contributed by atoms with Crippen molar-refractivity contribution in [3.05, 3.63) is 0 Å². The second-order valence-corrected chi connectivity index (χ2v) is 2.97. The van der Waals surface area contributed by atoms with Crippen LogP contribution in [0.1, 0.15) is 0 Å². The lowest BCUT2D eigenvalue weighted by Crippen LogP contribution is -2.60. The molecule has 0 unspecified atom stereocenters. The number of hydrogen-bond acceptors (Lipinski definition) is 6. The smallest absolute Gasteiger partial charge is 0.335 e. The first-order valence-electron chi connectivity index (χ1n) is 3.94. The average Bonchev–Trinajstić information content (AvgIpc) is 2.14. The number of rotatable bonds is 2. The van der Waals surface area contributed by atoms with Crippen molar-refractivity contribution in [1.29, 1.82) is 0 Å². The molecule has 0 saturated carbocycles. The summed E-state index contributed by atoms with van der Waals surface area (Å²) in [6.07, 6.45) is -7.60. The Morgan fingerprint density at radius 1 is 1.21 bits per heavy atom. The van der Waals surface area contributed by atoms with Gasteiger partial charge in [0, 0.05) is 7.11 Å². The minimum absolute atomic E-state index is 1.19. The summed E-state index contributed by atoms with van der Waals surface area (Å²) in [6, 6.07) is 0. The molecular formula is C7H12O7. The van der Waals surface area contributed by atoms with Crippen molar-refractivity contribution in [3.8, 4) is 0 Å². The molecule has 0 bridgehead atoms. The summed E-state index contributed by atoms with van der Waals surface area (Å²) in [6.45, 7) is 0. The molecule has 1 aliphatic heterocycles. The number of hydrogen-bond donors (Lipinski definition) is 4. The van der Waals surface area contributed by atoms with E-state index in [1.54, 1.807) is 0 Å². The molecule has 0 amide bonds. The third-order valence-corrected chi connectivity index (χ3v) is 2.05. The molecular weight excluding hydrogens is 196 g/mol. The number of aliphatic carboxylic acids is 1. The zero-order chi connectivity index (χ0) is 10.9. The van der Waals surface area contributed by atoms with Gasteiger partial charge in [-0.3, -0.25) is 0 Å². The van der Waals surface area contributed by atoms with Crippen LogP contribution in [0.4, 0.5) is 0 Å². The quantitative estimate of drug-likeness (QED) is 0.397. The lowest BCUT2D eigenvalue weighted by Gasteiger charge is -2.37. The molecule has 1 aliphatic rings. The number of carbonyl (C=O) groups is 1. The number of aliphatic hydroxyl groups excluding tert-OH is 3. The number of carboxylic acids is 1. The van der Waals surface area contributed by atoms with Gasteiger partial charge in [-0.25, -0.2) is 4.79 Å². The van der Waals surface area contributed by atoms with E-state index in [4.69, 9.17) is 9.84 Å². The van der Waals surface area contributed by atoms with Crippen molar-refractivity contribution in [2.75, 3.05) is 7.11 Å². The fourth-order valence-corrected chi connectivity index (χ4v) is 1.25. The van der Waals surface area contributed by atoms with Crippen LogP contribution in [0.2, 0.25) is 0 Å². The van der Waals surface area contributed by atoms with Gasteiger partial charge < -0.3 is 29.9 Å². The van der Waals surface area contributed by atoms with Crippen molar-refractivity contribution >= 4 is 5.97 Å². The second kappa shape index (κ2) is 4.20. The van der Waals surface area contributed by atoms with Gasteiger partial charge >= 0.3 is 5.97 Å². The first-order chi connectivity index (χ1) is 6.49. The molecule has 1 rings (SSSR count). The minimum atomic E-state index is -1.67. The SMILES string of the molecule is CO[C@H]1O[C@H](C(=O)O)[C@@H](O)[C@H](O)[C@H]1O. The second-order valence-electron chi connectivity index (χ2n) is 2.97. The van der Waals surface area contributed by atoms with E-state index in [1.165, 1.54) is 7.11 Å². The van der Waals surface area contributed by atoms with Gasteiger partial charge in [-0.1, -0.05) is 0 Å². The minimum Gasteiger partial charge on any atom is -0.479 e. The predicted octanol–water partition coefficient (Wildman–Crippen LogP) is -2.47. The van der Waals surface area contributed by atoms with Crippen LogP contribution in [0.15, 0.2) is 0 Å². The van der Waals surface area contributed by atoms with E-state index < -0.39 is 36.7 Å². The predicted molar refractivity (Wildman–Crippen MR) is 41.3 cm³/mol. The van der Waals surface area contributed by atoms with Crippen molar-refractivity contribution in [3.63, 3.8) is 0 Å². The monoisotopic (exact) mass is 208 g/mol. The van der Waals surface area contributed by atoms with Crippen LogP contribution in [-0.4, -0.2) is 64.2 Å². The van der Waals surface area contributed by atoms with E-state index >= 15 is 0 Å². The summed E-state index contributed by atoms with van der Waals surface area (Å²) in [5.41, 5.74) is 0. The molecule has 5 atom stereocenters. The lowest BCUT2D eigenvalue weighted by atomic mass is 9.99. The summed E-state index contributed by atoms with van der Waals surface area (Å²) >= 11 is 0. The van der Waals surface area contributed by atoms with E-state index in [0.29, 0.717) is 0 Å². The van der Waals surface area contributed by atoms with Crippen molar-refractivity contribution in [2.45, 2.75) is 30.7 Å². The molecule has 1 fully saturated rings. The fourth-order valence-electron chi connectivity index (χ4n) is 1.25. The number of aliphatic hydroxyl groups is 3. The highest BCUT2D eigenvalue weighted by atomic mass is 16.7. The van der Waals surface area contributed by atoms with Crippen LogP contribution in [0.5, 0.6) is 0 Å². The van der Waals surface area contributed by atoms with Gasteiger partial charge in [-0.2, -0.15) is 0 Å². The lowest BCUT2D eigenvalue weighted by molar-refractivity contribution is -0.287. The van der Waals surface area contributed by atoms with Gasteiger partial charge in [0.05, 0.1) is 0 Å². The zero-order valence-corrected chi connectivity index (χ0v) is 7.40. The summed E-state index contributed by atoms with van der Waals surface area (Å²) in [5, 5.41) is 36.3. The van der Waals surface area contributed by atoms with Crippen molar-refractivity contribution < 1.29 is 34.7 Å². The van der Waals surface area contributed by atoms with E-state index in [2.05, 4.69) is 4.74 Å². The molecule has 0 spiro atoms. The third-order valence-electron chi connectivity index (χ3n) is 2.05. The molecule has 0 radical (unpaired) electrons. The van der Waals surface area contributed by atoms with Crippen LogP contribution < -0.4 is 0 Å². The fraction of sp³-hybridized carbons (Fsp3) is 0.857. The Bertz CT molecular complexity index is 216. The molecule has 14 heavy (non-hydrogen) atoms. The van der Waals surface area contributed by atoms with Gasteiger partial charge in [0.15, 0.2) is 12.4 Å². The van der Waals surface area contributed by atoms with E-state index in [-0.39, 0.29) is 0 Å². The van der Waals surface area contributed by atoms with Crippen LogP contribution >= 0.6 is 0 Å². The van der Waals surface area contributed by atoms with Crippen LogP contribution in [-0.2, 0) is 14.3 Å². The summed E-state index contributed by atoms with van der Waals surface area (Å²) < 4.78 is 9.31. The standard InChI is InChI=1S/C7H12O7/c1-13-7-4(10)2(8)3(9)5(14-7)6(11)12/h2-5,7-10H,1H3,(H,11,12)/t2-,3-,4+,5-,7-/m0/s1. The molecule has 1 saturated heterocycles. The van der Waals surface area contributed by atoms with Crippen molar-refractivity contribution in [1.82, 2.24) is 0 Å².